The largest absolute Gasteiger partial charge is 0.412 e. The van der Waals surface area contributed by atoms with Crippen LogP contribution < -0.4 is 9.80 Å². The van der Waals surface area contributed by atoms with Crippen molar-refractivity contribution in [2.45, 2.75) is 38.0 Å². The molecule has 10 nitrogen and oxygen atoms in total. The Morgan fingerprint density at radius 1 is 0.706 bits per heavy atom. The second-order valence-corrected chi connectivity index (χ2v) is 9.07. The number of halogens is 3. The summed E-state index contributed by atoms with van der Waals surface area (Å²) in [6.45, 7) is 8.41. The third kappa shape index (κ3) is 6.96. The van der Waals surface area contributed by atoms with Gasteiger partial charge in [0.2, 0.25) is 0 Å². The van der Waals surface area contributed by atoms with Gasteiger partial charge in [0.25, 0.3) is 5.78 Å². The maximum atomic E-state index is 4.99. The number of piperazine rings is 2. The van der Waals surface area contributed by atoms with Gasteiger partial charge in [0.15, 0.2) is 5.82 Å². The molecular weight excluding hydrogens is 503 g/mol. The summed E-state index contributed by atoms with van der Waals surface area (Å²) >= 11 is 0. The summed E-state index contributed by atoms with van der Waals surface area (Å²) in [5.74, 6) is 4.49. The van der Waals surface area contributed by atoms with Crippen LogP contribution in [0, 0.1) is 0 Å². The first-order valence-corrected chi connectivity index (χ1v) is 11.3. The Morgan fingerprint density at radius 3 is 1.79 bits per heavy atom. The number of nitrogens with zero attached hydrogens (tertiary/aromatic N) is 8. The number of hydrogen-bond acceptors (Lipinski definition) is 7. The molecule has 1 aliphatic carbocycles. The molecule has 0 unspecified atom stereocenters. The van der Waals surface area contributed by atoms with Gasteiger partial charge in [-0.2, -0.15) is 14.5 Å². The molecule has 4 N–H and O–H groups in total. The molecule has 13 heteroatoms. The summed E-state index contributed by atoms with van der Waals surface area (Å²) in [5.41, 5.74) is 0. The molecular formula is C21H41Cl3N8O2. The molecule has 0 aromatic carbocycles. The SMILES string of the molecule is CN1CCN(c2cc(N3CCN(C)CC3)n3nc(C4CCCCC4)nc3n2)CC1.Cl.Cl.Cl.O.O. The van der Waals surface area contributed by atoms with Crippen molar-refractivity contribution in [2.24, 2.45) is 0 Å². The van der Waals surface area contributed by atoms with E-state index in [-0.39, 0.29) is 48.2 Å². The Balaban J connectivity index is 0.00000218. The molecule has 3 aliphatic rings. The number of likely N-dealkylation sites (N-methyl/N-ethyl adjacent to an activating group) is 2. The highest BCUT2D eigenvalue weighted by Gasteiger charge is 2.25. The molecule has 4 heterocycles. The Labute approximate surface area is 220 Å². The van der Waals surface area contributed by atoms with E-state index in [1.54, 1.807) is 0 Å². The third-order valence-electron chi connectivity index (χ3n) is 6.92. The van der Waals surface area contributed by atoms with Crippen LogP contribution in [0.4, 0.5) is 11.6 Å². The molecule has 2 saturated heterocycles. The average molecular weight is 544 g/mol. The van der Waals surface area contributed by atoms with Gasteiger partial charge in [0.05, 0.1) is 0 Å². The van der Waals surface area contributed by atoms with E-state index >= 15 is 0 Å². The number of fused-ring (bicyclic) bond motifs is 1. The van der Waals surface area contributed by atoms with E-state index in [2.05, 4.69) is 39.8 Å². The van der Waals surface area contributed by atoms with Crippen LogP contribution in [-0.4, -0.2) is 107 Å². The van der Waals surface area contributed by atoms with Crippen LogP contribution in [0.1, 0.15) is 43.8 Å². The van der Waals surface area contributed by atoms with E-state index in [1.807, 2.05) is 4.52 Å². The van der Waals surface area contributed by atoms with Gasteiger partial charge >= 0.3 is 0 Å². The summed E-state index contributed by atoms with van der Waals surface area (Å²) in [6.07, 6.45) is 6.37. The van der Waals surface area contributed by atoms with E-state index < -0.39 is 0 Å². The predicted molar refractivity (Wildman–Crippen MR) is 145 cm³/mol. The normalized spacial score (nSPS) is 19.8. The molecule has 0 atom stereocenters. The van der Waals surface area contributed by atoms with E-state index in [4.69, 9.17) is 15.1 Å². The van der Waals surface area contributed by atoms with Gasteiger partial charge in [0, 0.05) is 64.3 Å². The molecule has 0 amide bonds. The summed E-state index contributed by atoms with van der Waals surface area (Å²) in [5, 5.41) is 4.99. The summed E-state index contributed by atoms with van der Waals surface area (Å²) in [4.78, 5) is 19.6. The zero-order valence-corrected chi connectivity index (χ0v) is 22.6. The van der Waals surface area contributed by atoms with Gasteiger partial charge < -0.3 is 30.6 Å². The quantitative estimate of drug-likeness (QED) is 0.572. The Morgan fingerprint density at radius 2 is 1.24 bits per heavy atom. The van der Waals surface area contributed by atoms with Crippen molar-refractivity contribution >= 4 is 54.6 Å². The van der Waals surface area contributed by atoms with Crippen LogP contribution in [0.25, 0.3) is 5.78 Å². The van der Waals surface area contributed by atoms with E-state index in [0.717, 1.165) is 75.6 Å². The van der Waals surface area contributed by atoms with Gasteiger partial charge in [-0.15, -0.1) is 42.3 Å². The van der Waals surface area contributed by atoms with Gasteiger partial charge in [-0.1, -0.05) is 19.3 Å². The minimum Gasteiger partial charge on any atom is -0.412 e. The number of aromatic nitrogens is 4. The van der Waals surface area contributed by atoms with E-state index in [9.17, 15) is 0 Å². The van der Waals surface area contributed by atoms with Gasteiger partial charge in [-0.3, -0.25) is 0 Å². The molecule has 1 saturated carbocycles. The summed E-state index contributed by atoms with van der Waals surface area (Å²) in [6, 6.07) is 2.25. The van der Waals surface area contributed by atoms with Crippen molar-refractivity contribution in [1.82, 2.24) is 29.4 Å². The lowest BCUT2D eigenvalue weighted by Crippen LogP contribution is -2.46. The molecule has 2 aromatic heterocycles. The second kappa shape index (κ2) is 14.4. The Bertz CT molecular complexity index is 852. The lowest BCUT2D eigenvalue weighted by molar-refractivity contribution is 0.310. The first-order chi connectivity index (χ1) is 14.2. The molecule has 5 rings (SSSR count). The first kappa shape index (κ1) is 32.9. The topological polar surface area (TPSA) is 119 Å². The van der Waals surface area contributed by atoms with Crippen molar-refractivity contribution < 1.29 is 11.0 Å². The number of anilines is 2. The fraction of sp³-hybridized carbons (Fsp3) is 0.762. The highest BCUT2D eigenvalue weighted by atomic mass is 35.5. The molecule has 0 bridgehead atoms. The van der Waals surface area contributed by atoms with Crippen LogP contribution in [0.3, 0.4) is 0 Å². The maximum Gasteiger partial charge on any atom is 0.256 e. The lowest BCUT2D eigenvalue weighted by atomic mass is 9.89. The molecule has 0 spiro atoms. The van der Waals surface area contributed by atoms with Crippen molar-refractivity contribution in [1.29, 1.82) is 0 Å². The molecule has 198 valence electrons. The van der Waals surface area contributed by atoms with Crippen molar-refractivity contribution in [2.75, 3.05) is 76.3 Å². The summed E-state index contributed by atoms with van der Waals surface area (Å²) in [7, 11) is 4.39. The zero-order valence-electron chi connectivity index (χ0n) is 20.1. The standard InChI is InChI=1S/C21H34N8.3ClH.2H2O/c1-25-8-12-27(13-9-25)18-16-19(28-14-10-26(2)11-15-28)29-21(22-18)23-20(24-29)17-6-4-3-5-7-17;;;;;/h16-17H,3-15H2,1-2H3;3*1H;2*1H2. The highest BCUT2D eigenvalue weighted by Crippen LogP contribution is 2.32. The number of rotatable bonds is 3. The Hall–Kier alpha value is -1.14. The third-order valence-corrected chi connectivity index (χ3v) is 6.92. The van der Waals surface area contributed by atoms with Crippen LogP contribution in [0.2, 0.25) is 0 Å². The minimum absolute atomic E-state index is 0. The van der Waals surface area contributed by atoms with Crippen LogP contribution in [-0.2, 0) is 0 Å². The molecule has 3 fully saturated rings. The maximum absolute atomic E-state index is 4.99. The van der Waals surface area contributed by atoms with Crippen molar-refractivity contribution in [3.63, 3.8) is 0 Å². The van der Waals surface area contributed by atoms with E-state index in [1.165, 1.54) is 32.1 Å². The van der Waals surface area contributed by atoms with Crippen LogP contribution in [0.15, 0.2) is 6.07 Å². The number of hydrogen-bond donors (Lipinski definition) is 0. The lowest BCUT2D eigenvalue weighted by Gasteiger charge is -2.36. The molecule has 0 radical (unpaired) electrons. The fourth-order valence-corrected chi connectivity index (χ4v) is 4.85. The molecule has 34 heavy (non-hydrogen) atoms. The van der Waals surface area contributed by atoms with Gasteiger partial charge in [-0.25, -0.2) is 0 Å². The Kier molecular flexibility index (Phi) is 13.9. The predicted octanol–water partition coefficient (Wildman–Crippen LogP) is 1.29. The highest BCUT2D eigenvalue weighted by molar-refractivity contribution is 5.86. The van der Waals surface area contributed by atoms with Crippen molar-refractivity contribution in [3.05, 3.63) is 11.9 Å². The zero-order chi connectivity index (χ0) is 19.8. The first-order valence-electron chi connectivity index (χ1n) is 11.3. The molecule has 2 aromatic rings. The monoisotopic (exact) mass is 542 g/mol. The van der Waals surface area contributed by atoms with Crippen LogP contribution >= 0.6 is 37.2 Å². The summed E-state index contributed by atoms with van der Waals surface area (Å²) < 4.78 is 2.02. The smallest absolute Gasteiger partial charge is 0.256 e. The minimum atomic E-state index is 0. The van der Waals surface area contributed by atoms with Crippen LogP contribution in [0.5, 0.6) is 0 Å². The average Bonchev–Trinajstić information content (AvgIpc) is 3.19. The second-order valence-electron chi connectivity index (χ2n) is 9.07. The van der Waals surface area contributed by atoms with E-state index in [0.29, 0.717) is 5.92 Å². The van der Waals surface area contributed by atoms with Gasteiger partial charge in [-0.05, 0) is 26.9 Å². The molecule has 2 aliphatic heterocycles. The fourth-order valence-electron chi connectivity index (χ4n) is 4.85. The van der Waals surface area contributed by atoms with Crippen molar-refractivity contribution in [3.8, 4) is 0 Å². The van der Waals surface area contributed by atoms with Gasteiger partial charge in [0.1, 0.15) is 11.6 Å².